The van der Waals surface area contributed by atoms with Crippen LogP contribution in [0.15, 0.2) is 30.4 Å². The molecule has 3 atom stereocenters. The van der Waals surface area contributed by atoms with Crippen molar-refractivity contribution >= 4 is 39.0 Å². The average Bonchev–Trinajstić information content (AvgIpc) is 3.29. The van der Waals surface area contributed by atoms with Crippen LogP contribution in [0.25, 0.3) is 10.2 Å². The second kappa shape index (κ2) is 15.1. The Bertz CT molecular complexity index is 1070. The van der Waals surface area contributed by atoms with Gasteiger partial charge < -0.3 is 10.1 Å². The van der Waals surface area contributed by atoms with Crippen LogP contribution in [-0.4, -0.2) is 53.0 Å². The van der Waals surface area contributed by atoms with Gasteiger partial charge in [-0.05, 0) is 56.5 Å². The smallest absolute Gasteiger partial charge is 0.224 e. The summed E-state index contributed by atoms with van der Waals surface area (Å²) >= 11 is 1.59. The maximum atomic E-state index is 13.4. The number of aryl methyl sites for hydroxylation is 1. The number of nitrogens with zero attached hydrogens (tertiary/aromatic N) is 2. The van der Waals surface area contributed by atoms with E-state index in [9.17, 15) is 14.4 Å². The van der Waals surface area contributed by atoms with Crippen molar-refractivity contribution in [3.63, 3.8) is 0 Å². The number of nitrogens with one attached hydrogen (secondary N) is 1. The van der Waals surface area contributed by atoms with Crippen LogP contribution in [0, 0.1) is 11.8 Å². The lowest BCUT2D eigenvalue weighted by Crippen LogP contribution is -2.43. The predicted octanol–water partition coefficient (Wildman–Crippen LogP) is 5.77. The van der Waals surface area contributed by atoms with E-state index < -0.39 is 5.92 Å². The molecule has 0 saturated carbocycles. The fraction of sp³-hybridized carbons (Fsp3) is 0.600. The highest BCUT2D eigenvalue weighted by molar-refractivity contribution is 7.18. The largest absolute Gasteiger partial charge is 0.353 e. The van der Waals surface area contributed by atoms with Gasteiger partial charge in [0.2, 0.25) is 5.91 Å². The number of Topliss-reactive ketones (excluding diaryl/α,β-unsaturated/α-hetero) is 2. The lowest BCUT2D eigenvalue weighted by atomic mass is 9.91. The molecule has 0 saturated heterocycles. The maximum Gasteiger partial charge on any atom is 0.224 e. The zero-order valence-electron chi connectivity index (χ0n) is 23.6. The van der Waals surface area contributed by atoms with Crippen LogP contribution in [0.5, 0.6) is 0 Å². The van der Waals surface area contributed by atoms with Crippen molar-refractivity contribution in [3.8, 4) is 0 Å². The Hall–Kier alpha value is -2.38. The monoisotopic (exact) mass is 527 g/mol. The van der Waals surface area contributed by atoms with E-state index in [1.165, 1.54) is 12.5 Å². The second-order valence-electron chi connectivity index (χ2n) is 10.1. The van der Waals surface area contributed by atoms with Crippen LogP contribution in [0.1, 0.15) is 77.8 Å². The molecule has 2 aromatic rings. The highest BCUT2D eigenvalue weighted by atomic mass is 32.1. The third kappa shape index (κ3) is 9.46. The lowest BCUT2D eigenvalue weighted by molar-refractivity contribution is -0.129. The third-order valence-corrected chi connectivity index (χ3v) is 8.32. The number of ketones is 2. The van der Waals surface area contributed by atoms with Gasteiger partial charge in [-0.3, -0.25) is 14.5 Å². The Labute approximate surface area is 226 Å². The molecule has 1 N–H and O–H groups in total. The van der Waals surface area contributed by atoms with Crippen LogP contribution >= 0.6 is 11.3 Å². The van der Waals surface area contributed by atoms with E-state index in [-0.39, 0.29) is 35.9 Å². The summed E-state index contributed by atoms with van der Waals surface area (Å²) in [4.78, 5) is 45.2. The molecule has 1 heterocycles. The van der Waals surface area contributed by atoms with E-state index in [0.717, 1.165) is 41.2 Å². The second-order valence-corrected chi connectivity index (χ2v) is 11.2. The molecule has 6 nitrogen and oxygen atoms in total. The Balaban J connectivity index is 2.10. The first kappa shape index (κ1) is 30.8. The number of hydrogen-bond donors (Lipinski definition) is 1. The third-order valence-electron chi connectivity index (χ3n) is 7.28. The van der Waals surface area contributed by atoms with Crippen molar-refractivity contribution in [1.29, 1.82) is 0 Å². The molecular formula is C30H45N3O3S. The van der Waals surface area contributed by atoms with E-state index in [1.807, 2.05) is 6.07 Å². The predicted molar refractivity (Wildman–Crippen MR) is 154 cm³/mol. The van der Waals surface area contributed by atoms with Gasteiger partial charge in [-0.15, -0.1) is 11.3 Å². The van der Waals surface area contributed by atoms with Crippen molar-refractivity contribution in [2.75, 3.05) is 19.6 Å². The normalized spacial score (nSPS) is 13.9. The maximum absolute atomic E-state index is 13.4. The Morgan fingerprint density at radius 2 is 1.84 bits per heavy atom. The van der Waals surface area contributed by atoms with Gasteiger partial charge in [-0.1, -0.05) is 53.7 Å². The average molecular weight is 528 g/mol. The topological polar surface area (TPSA) is 79.4 Å². The molecule has 1 amide bonds. The van der Waals surface area contributed by atoms with E-state index in [2.05, 4.69) is 63.5 Å². The summed E-state index contributed by atoms with van der Waals surface area (Å²) in [5.41, 5.74) is 2.81. The zero-order chi connectivity index (χ0) is 27.5. The molecule has 0 aliphatic rings. The van der Waals surface area contributed by atoms with Crippen LogP contribution < -0.4 is 5.32 Å². The fourth-order valence-corrected chi connectivity index (χ4v) is 5.60. The molecular weight excluding hydrogens is 482 g/mol. The van der Waals surface area contributed by atoms with Crippen LogP contribution in [0.3, 0.4) is 0 Å². The molecule has 7 heteroatoms. The first-order chi connectivity index (χ1) is 17.6. The van der Waals surface area contributed by atoms with Gasteiger partial charge in [0.05, 0.1) is 21.1 Å². The molecule has 1 aromatic carbocycles. The highest BCUT2D eigenvalue weighted by Crippen LogP contribution is 2.27. The number of carbonyl (C=O) groups excluding carboxylic acids is 3. The van der Waals surface area contributed by atoms with Crippen molar-refractivity contribution < 1.29 is 14.4 Å². The molecule has 0 spiro atoms. The fourth-order valence-electron chi connectivity index (χ4n) is 4.49. The summed E-state index contributed by atoms with van der Waals surface area (Å²) in [7, 11) is 0. The number of rotatable bonds is 17. The Morgan fingerprint density at radius 1 is 1.14 bits per heavy atom. The van der Waals surface area contributed by atoms with Crippen molar-refractivity contribution in [2.24, 2.45) is 11.8 Å². The number of hydrogen-bond acceptors (Lipinski definition) is 6. The molecule has 0 radical (unpaired) electrons. The summed E-state index contributed by atoms with van der Waals surface area (Å²) in [5, 5.41) is 4.06. The molecule has 0 aliphatic heterocycles. The van der Waals surface area contributed by atoms with Gasteiger partial charge in [0.15, 0.2) is 5.78 Å². The minimum absolute atomic E-state index is 0.0162. The van der Waals surface area contributed by atoms with Crippen molar-refractivity contribution in [1.82, 2.24) is 15.2 Å². The summed E-state index contributed by atoms with van der Waals surface area (Å²) in [6.45, 7) is 18.3. The first-order valence-electron chi connectivity index (χ1n) is 13.7. The minimum atomic E-state index is -0.483. The SMILES string of the molecule is C=C(CN(CC)CC)C(=O)CC[C@@H](NC(=O)[C@@H](CC(C)=O)Cc1nc2ccc(CC)cc2s1)[C@@H](C)CC. The van der Waals surface area contributed by atoms with E-state index in [4.69, 9.17) is 4.98 Å². The van der Waals surface area contributed by atoms with Gasteiger partial charge in [0.25, 0.3) is 0 Å². The Morgan fingerprint density at radius 3 is 2.43 bits per heavy atom. The quantitative estimate of drug-likeness (QED) is 0.264. The number of thiazole rings is 1. The first-order valence-corrected chi connectivity index (χ1v) is 14.5. The number of carbonyl (C=O) groups is 3. The summed E-state index contributed by atoms with van der Waals surface area (Å²) in [6, 6.07) is 6.12. The molecule has 204 valence electrons. The highest BCUT2D eigenvalue weighted by Gasteiger charge is 2.27. The molecule has 0 bridgehead atoms. The van der Waals surface area contributed by atoms with E-state index in [0.29, 0.717) is 31.4 Å². The number of likely N-dealkylation sites (N-methyl/N-ethyl adjacent to an activating group) is 1. The summed E-state index contributed by atoms with van der Waals surface area (Å²) in [5.74, 6) is -0.374. The van der Waals surface area contributed by atoms with Gasteiger partial charge in [-0.2, -0.15) is 0 Å². The van der Waals surface area contributed by atoms with Crippen molar-refractivity contribution in [2.45, 2.75) is 86.1 Å². The molecule has 2 rings (SSSR count). The lowest BCUT2D eigenvalue weighted by Gasteiger charge is -2.27. The molecule has 37 heavy (non-hydrogen) atoms. The number of benzene rings is 1. The number of aromatic nitrogens is 1. The number of amides is 1. The standard InChI is InChI=1S/C30H45N3O3S/c1-8-20(5)25(14-15-27(35)21(6)19-33(10-3)11-4)32-30(36)24(16-22(7)34)18-29-31-26-13-12-23(9-2)17-28(26)37-29/h12-13,17,20,24-25H,6,8-11,14-16,18-19H2,1-5,7H3,(H,32,36)/t20-,24-,25+/m0/s1. The summed E-state index contributed by atoms with van der Waals surface area (Å²) in [6.07, 6.45) is 3.36. The van der Waals surface area contributed by atoms with Crippen molar-refractivity contribution in [3.05, 3.63) is 40.9 Å². The number of fused-ring (bicyclic) bond motifs is 1. The molecule has 0 fully saturated rings. The summed E-state index contributed by atoms with van der Waals surface area (Å²) < 4.78 is 1.11. The minimum Gasteiger partial charge on any atom is -0.353 e. The Kier molecular flexibility index (Phi) is 12.6. The van der Waals surface area contributed by atoms with E-state index in [1.54, 1.807) is 11.3 Å². The molecule has 0 unspecified atom stereocenters. The molecule has 1 aromatic heterocycles. The zero-order valence-corrected chi connectivity index (χ0v) is 24.4. The van der Waals surface area contributed by atoms with Gasteiger partial charge in [0.1, 0.15) is 5.78 Å². The van der Waals surface area contributed by atoms with E-state index >= 15 is 0 Å². The van der Waals surface area contributed by atoms with Gasteiger partial charge >= 0.3 is 0 Å². The molecule has 0 aliphatic carbocycles. The van der Waals surface area contributed by atoms with Crippen LogP contribution in [0.2, 0.25) is 0 Å². The van der Waals surface area contributed by atoms with Crippen LogP contribution in [0.4, 0.5) is 0 Å². The van der Waals surface area contributed by atoms with Gasteiger partial charge in [0, 0.05) is 37.4 Å². The van der Waals surface area contributed by atoms with Crippen LogP contribution in [-0.2, 0) is 27.2 Å². The van der Waals surface area contributed by atoms with Gasteiger partial charge in [-0.25, -0.2) is 4.98 Å².